The molecule has 1 N–H and O–H groups in total. The van der Waals surface area contributed by atoms with Crippen molar-refractivity contribution in [2.75, 3.05) is 11.4 Å². The van der Waals surface area contributed by atoms with Crippen LogP contribution in [-0.2, 0) is 11.3 Å². The fourth-order valence-corrected chi connectivity index (χ4v) is 2.36. The molecule has 1 aliphatic heterocycles. The van der Waals surface area contributed by atoms with Crippen LogP contribution in [0.1, 0.15) is 17.2 Å². The molecule has 0 saturated carbocycles. The molecule has 0 fully saturated rings. The number of benzene rings is 1. The molecule has 0 amide bonds. The Kier molecular flexibility index (Phi) is 2.51. The summed E-state index contributed by atoms with van der Waals surface area (Å²) in [5, 5.41) is 12.9. The summed E-state index contributed by atoms with van der Waals surface area (Å²) in [6, 6.07) is 9.38. The van der Waals surface area contributed by atoms with E-state index in [2.05, 4.69) is 5.16 Å². The van der Waals surface area contributed by atoms with E-state index >= 15 is 0 Å². The molecule has 1 atom stereocenters. The van der Waals surface area contributed by atoms with Crippen molar-refractivity contribution in [2.24, 2.45) is 0 Å². The first-order valence-electron chi connectivity index (χ1n) is 5.72. The predicted octanol–water partition coefficient (Wildman–Crippen LogP) is 1.86. The van der Waals surface area contributed by atoms with Gasteiger partial charge in [-0.2, -0.15) is 0 Å². The lowest BCUT2D eigenvalue weighted by atomic mass is 10.0. The van der Waals surface area contributed by atoms with Crippen LogP contribution in [0, 0.1) is 0 Å². The van der Waals surface area contributed by atoms with Gasteiger partial charge >= 0.3 is 5.97 Å². The van der Waals surface area contributed by atoms with Crippen LogP contribution in [0.3, 0.4) is 0 Å². The number of rotatable bonds is 3. The maximum absolute atomic E-state index is 11.2. The van der Waals surface area contributed by atoms with Gasteiger partial charge in [0.1, 0.15) is 5.92 Å². The highest BCUT2D eigenvalue weighted by atomic mass is 16.5. The van der Waals surface area contributed by atoms with E-state index in [1.54, 1.807) is 12.3 Å². The van der Waals surface area contributed by atoms with Gasteiger partial charge in [-0.1, -0.05) is 23.4 Å². The SMILES string of the molecule is O=C(O)C1CN(Cc2ccno2)c2ccccc21. The summed E-state index contributed by atoms with van der Waals surface area (Å²) >= 11 is 0. The van der Waals surface area contributed by atoms with Crippen LogP contribution in [0.15, 0.2) is 41.1 Å². The van der Waals surface area contributed by atoms with Crippen molar-refractivity contribution >= 4 is 11.7 Å². The number of aromatic nitrogens is 1. The topological polar surface area (TPSA) is 66.6 Å². The molecular weight excluding hydrogens is 232 g/mol. The highest BCUT2D eigenvalue weighted by Crippen LogP contribution is 2.36. The zero-order valence-electron chi connectivity index (χ0n) is 9.61. The predicted molar refractivity (Wildman–Crippen MR) is 64.4 cm³/mol. The molecule has 2 heterocycles. The van der Waals surface area contributed by atoms with E-state index in [9.17, 15) is 9.90 Å². The molecule has 92 valence electrons. The smallest absolute Gasteiger partial charge is 0.312 e. The molecule has 0 aliphatic carbocycles. The van der Waals surface area contributed by atoms with E-state index in [0.717, 1.165) is 17.0 Å². The number of aliphatic carboxylic acids is 1. The first-order chi connectivity index (χ1) is 8.75. The van der Waals surface area contributed by atoms with Gasteiger partial charge in [-0.25, -0.2) is 0 Å². The minimum Gasteiger partial charge on any atom is -0.481 e. The molecule has 1 aromatic carbocycles. The average Bonchev–Trinajstić information content (AvgIpc) is 2.98. The summed E-state index contributed by atoms with van der Waals surface area (Å²) < 4.78 is 5.07. The van der Waals surface area contributed by atoms with Gasteiger partial charge in [-0.3, -0.25) is 4.79 Å². The van der Waals surface area contributed by atoms with Crippen LogP contribution in [0.4, 0.5) is 5.69 Å². The second-order valence-corrected chi connectivity index (χ2v) is 4.31. The molecule has 5 nitrogen and oxygen atoms in total. The van der Waals surface area contributed by atoms with E-state index in [4.69, 9.17) is 4.52 Å². The highest BCUT2D eigenvalue weighted by Gasteiger charge is 2.33. The lowest BCUT2D eigenvalue weighted by Gasteiger charge is -2.17. The molecule has 1 aromatic heterocycles. The first-order valence-corrected chi connectivity index (χ1v) is 5.72. The van der Waals surface area contributed by atoms with Gasteiger partial charge in [0.2, 0.25) is 0 Å². The standard InChI is InChI=1S/C13H12N2O3/c16-13(17)11-8-15(7-9-5-6-14-18-9)12-4-2-1-3-10(11)12/h1-6,11H,7-8H2,(H,16,17). The summed E-state index contributed by atoms with van der Waals surface area (Å²) in [5.74, 6) is -0.525. The number of nitrogens with zero attached hydrogens (tertiary/aromatic N) is 2. The third kappa shape index (κ3) is 1.73. The van der Waals surface area contributed by atoms with Crippen molar-refractivity contribution in [3.8, 4) is 0 Å². The van der Waals surface area contributed by atoms with Crippen LogP contribution in [0.5, 0.6) is 0 Å². The quantitative estimate of drug-likeness (QED) is 0.892. The van der Waals surface area contributed by atoms with Crippen molar-refractivity contribution < 1.29 is 14.4 Å². The van der Waals surface area contributed by atoms with Crippen molar-refractivity contribution in [2.45, 2.75) is 12.5 Å². The second kappa shape index (κ2) is 4.18. The number of anilines is 1. The molecule has 0 spiro atoms. The van der Waals surface area contributed by atoms with Crippen molar-refractivity contribution in [3.63, 3.8) is 0 Å². The monoisotopic (exact) mass is 244 g/mol. The Morgan fingerprint density at radius 1 is 1.44 bits per heavy atom. The maximum atomic E-state index is 11.2. The number of carboxylic acid groups (broad SMARTS) is 1. The van der Waals surface area contributed by atoms with Gasteiger partial charge in [0, 0.05) is 18.3 Å². The molecule has 1 aliphatic rings. The van der Waals surface area contributed by atoms with Gasteiger partial charge in [0.15, 0.2) is 5.76 Å². The van der Waals surface area contributed by atoms with Gasteiger partial charge in [-0.05, 0) is 11.6 Å². The molecule has 5 heteroatoms. The number of carbonyl (C=O) groups is 1. The van der Waals surface area contributed by atoms with Crippen LogP contribution < -0.4 is 4.90 Å². The van der Waals surface area contributed by atoms with E-state index in [1.165, 1.54) is 0 Å². The Balaban J connectivity index is 1.92. The van der Waals surface area contributed by atoms with Crippen LogP contribution in [-0.4, -0.2) is 22.8 Å². The Morgan fingerprint density at radius 3 is 3.00 bits per heavy atom. The minimum atomic E-state index is -0.789. The zero-order valence-corrected chi connectivity index (χ0v) is 9.61. The van der Waals surface area contributed by atoms with Crippen LogP contribution >= 0.6 is 0 Å². The second-order valence-electron chi connectivity index (χ2n) is 4.31. The third-order valence-corrected chi connectivity index (χ3v) is 3.19. The lowest BCUT2D eigenvalue weighted by molar-refractivity contribution is -0.138. The van der Waals surface area contributed by atoms with E-state index in [-0.39, 0.29) is 0 Å². The summed E-state index contributed by atoms with van der Waals surface area (Å²) in [4.78, 5) is 13.3. The molecule has 0 saturated heterocycles. The summed E-state index contributed by atoms with van der Waals surface area (Å²) in [7, 11) is 0. The third-order valence-electron chi connectivity index (χ3n) is 3.19. The lowest BCUT2D eigenvalue weighted by Crippen LogP contribution is -2.23. The summed E-state index contributed by atoms with van der Waals surface area (Å²) in [6.07, 6.45) is 1.59. The number of para-hydroxylation sites is 1. The van der Waals surface area contributed by atoms with Gasteiger partial charge in [0.05, 0.1) is 12.7 Å². The first kappa shape index (κ1) is 10.8. The molecule has 2 aromatic rings. The largest absolute Gasteiger partial charge is 0.481 e. The fraction of sp³-hybridized carbons (Fsp3) is 0.231. The molecule has 3 rings (SSSR count). The summed E-state index contributed by atoms with van der Waals surface area (Å²) in [6.45, 7) is 1.01. The molecule has 0 radical (unpaired) electrons. The molecule has 18 heavy (non-hydrogen) atoms. The molecular formula is C13H12N2O3. The Morgan fingerprint density at radius 2 is 2.28 bits per heavy atom. The molecule has 0 bridgehead atoms. The highest BCUT2D eigenvalue weighted by molar-refractivity contribution is 5.82. The number of hydrogen-bond acceptors (Lipinski definition) is 4. The average molecular weight is 244 g/mol. The Bertz CT molecular complexity index is 565. The van der Waals surface area contributed by atoms with E-state index in [0.29, 0.717) is 13.1 Å². The normalized spacial score (nSPS) is 17.8. The Hall–Kier alpha value is -2.30. The zero-order chi connectivity index (χ0) is 12.5. The van der Waals surface area contributed by atoms with Crippen LogP contribution in [0.25, 0.3) is 0 Å². The van der Waals surface area contributed by atoms with Crippen molar-refractivity contribution in [1.29, 1.82) is 0 Å². The van der Waals surface area contributed by atoms with Crippen molar-refractivity contribution in [1.82, 2.24) is 5.16 Å². The minimum absolute atomic E-state index is 0.468. The van der Waals surface area contributed by atoms with Gasteiger partial charge in [-0.15, -0.1) is 0 Å². The van der Waals surface area contributed by atoms with Gasteiger partial charge in [0.25, 0.3) is 0 Å². The van der Waals surface area contributed by atoms with Crippen LogP contribution in [0.2, 0.25) is 0 Å². The maximum Gasteiger partial charge on any atom is 0.312 e. The molecule has 1 unspecified atom stereocenters. The number of carboxylic acids is 1. The Labute approximate surface area is 104 Å². The van der Waals surface area contributed by atoms with E-state index in [1.807, 2.05) is 29.2 Å². The van der Waals surface area contributed by atoms with Gasteiger partial charge < -0.3 is 14.5 Å². The summed E-state index contributed by atoms with van der Waals surface area (Å²) in [5.41, 5.74) is 1.82. The number of hydrogen-bond donors (Lipinski definition) is 1. The fourth-order valence-electron chi connectivity index (χ4n) is 2.36. The number of fused-ring (bicyclic) bond motifs is 1. The van der Waals surface area contributed by atoms with E-state index < -0.39 is 11.9 Å². The van der Waals surface area contributed by atoms with Crippen molar-refractivity contribution in [3.05, 3.63) is 47.9 Å².